The molecule has 4 nitrogen and oxygen atoms in total. The molecule has 1 aromatic rings. The lowest BCUT2D eigenvalue weighted by atomic mass is 9.74. The van der Waals surface area contributed by atoms with Crippen LogP contribution < -0.4 is 5.32 Å². The van der Waals surface area contributed by atoms with Crippen LogP contribution in [-0.2, 0) is 14.9 Å². The molecule has 1 aliphatic rings. The summed E-state index contributed by atoms with van der Waals surface area (Å²) in [5, 5.41) is 3.15. The first-order valence-electron chi connectivity index (χ1n) is 8.32. The number of amides is 1. The van der Waals surface area contributed by atoms with Gasteiger partial charge in [-0.05, 0) is 31.5 Å². The monoisotopic (exact) mass is 340 g/mol. The van der Waals surface area contributed by atoms with E-state index in [0.29, 0.717) is 13.1 Å². The van der Waals surface area contributed by atoms with Crippen molar-refractivity contribution in [3.8, 4) is 0 Å². The predicted octanol–water partition coefficient (Wildman–Crippen LogP) is 2.61. The molecular weight excluding hydrogens is 312 g/mol. The molecule has 2 rings (SSSR count). The number of likely N-dealkylation sites (N-methyl/N-ethyl adjacent to an activating group) is 1. The third-order valence-electron chi connectivity index (χ3n) is 4.72. The first-order valence-corrected chi connectivity index (χ1v) is 8.32. The number of hydrogen-bond acceptors (Lipinski definition) is 3. The average molecular weight is 341 g/mol. The number of hydrogen-bond donors (Lipinski definition) is 1. The summed E-state index contributed by atoms with van der Waals surface area (Å²) in [6.07, 6.45) is 1.92. The SMILES string of the molecule is CCN(CC)CC(=O)NCC1(c2ccccc2)CCOCC1.Cl. The summed E-state index contributed by atoms with van der Waals surface area (Å²) >= 11 is 0. The summed E-state index contributed by atoms with van der Waals surface area (Å²) in [6, 6.07) is 10.5. The Morgan fingerprint density at radius 2 is 1.78 bits per heavy atom. The van der Waals surface area contributed by atoms with Gasteiger partial charge in [-0.15, -0.1) is 12.4 Å². The first-order chi connectivity index (χ1) is 10.7. The summed E-state index contributed by atoms with van der Waals surface area (Å²) in [4.78, 5) is 14.3. The van der Waals surface area contributed by atoms with Gasteiger partial charge in [0.05, 0.1) is 6.54 Å². The van der Waals surface area contributed by atoms with E-state index in [2.05, 4.69) is 48.3 Å². The van der Waals surface area contributed by atoms with Crippen molar-refractivity contribution in [3.63, 3.8) is 0 Å². The number of carbonyl (C=O) groups is 1. The van der Waals surface area contributed by atoms with Crippen LogP contribution in [0.3, 0.4) is 0 Å². The highest BCUT2D eigenvalue weighted by molar-refractivity contribution is 5.85. The largest absolute Gasteiger partial charge is 0.381 e. The minimum absolute atomic E-state index is 0. The number of rotatable bonds is 7. The number of nitrogens with zero attached hydrogens (tertiary/aromatic N) is 1. The van der Waals surface area contributed by atoms with E-state index in [4.69, 9.17) is 4.74 Å². The lowest BCUT2D eigenvalue weighted by molar-refractivity contribution is -0.122. The smallest absolute Gasteiger partial charge is 0.234 e. The van der Waals surface area contributed by atoms with Crippen molar-refractivity contribution >= 4 is 18.3 Å². The van der Waals surface area contributed by atoms with E-state index in [1.165, 1.54) is 5.56 Å². The van der Waals surface area contributed by atoms with Crippen LogP contribution in [0.1, 0.15) is 32.3 Å². The van der Waals surface area contributed by atoms with Crippen LogP contribution in [0.25, 0.3) is 0 Å². The molecule has 1 aromatic carbocycles. The van der Waals surface area contributed by atoms with Crippen molar-refractivity contribution < 1.29 is 9.53 Å². The van der Waals surface area contributed by atoms with Crippen LogP contribution in [0, 0.1) is 0 Å². The Bertz CT molecular complexity index is 457. The van der Waals surface area contributed by atoms with Gasteiger partial charge < -0.3 is 10.1 Å². The molecule has 1 heterocycles. The minimum Gasteiger partial charge on any atom is -0.381 e. The molecule has 0 atom stereocenters. The molecule has 1 amide bonds. The van der Waals surface area contributed by atoms with Crippen molar-refractivity contribution in [2.24, 2.45) is 0 Å². The van der Waals surface area contributed by atoms with Gasteiger partial charge in [-0.3, -0.25) is 9.69 Å². The number of nitrogens with one attached hydrogen (secondary N) is 1. The lowest BCUT2D eigenvalue weighted by Gasteiger charge is -2.38. The van der Waals surface area contributed by atoms with Crippen LogP contribution in [0.15, 0.2) is 30.3 Å². The molecule has 1 fully saturated rings. The third kappa shape index (κ3) is 5.48. The van der Waals surface area contributed by atoms with Crippen LogP contribution in [0.2, 0.25) is 0 Å². The molecule has 130 valence electrons. The van der Waals surface area contributed by atoms with Gasteiger partial charge in [0.2, 0.25) is 5.91 Å². The number of carbonyl (C=O) groups excluding carboxylic acids is 1. The molecule has 1 saturated heterocycles. The van der Waals surface area contributed by atoms with Crippen molar-refractivity contribution in [2.45, 2.75) is 32.1 Å². The zero-order valence-electron chi connectivity index (χ0n) is 14.2. The minimum atomic E-state index is 0. The van der Waals surface area contributed by atoms with E-state index in [0.717, 1.165) is 39.1 Å². The van der Waals surface area contributed by atoms with E-state index in [1.54, 1.807) is 0 Å². The molecule has 1 N–H and O–H groups in total. The second kappa shape index (κ2) is 9.91. The fraction of sp³-hybridized carbons (Fsp3) is 0.611. The first kappa shape index (κ1) is 19.9. The lowest BCUT2D eigenvalue weighted by Crippen LogP contribution is -2.47. The molecule has 1 aliphatic heterocycles. The van der Waals surface area contributed by atoms with E-state index in [-0.39, 0.29) is 23.7 Å². The van der Waals surface area contributed by atoms with Gasteiger partial charge in [0, 0.05) is 25.2 Å². The number of ether oxygens (including phenoxy) is 1. The van der Waals surface area contributed by atoms with Crippen molar-refractivity contribution in [1.29, 1.82) is 0 Å². The molecule has 0 aromatic heterocycles. The number of benzene rings is 1. The Kier molecular flexibility index (Phi) is 8.59. The molecule has 23 heavy (non-hydrogen) atoms. The predicted molar refractivity (Wildman–Crippen MR) is 96.2 cm³/mol. The summed E-state index contributed by atoms with van der Waals surface area (Å²) in [6.45, 7) is 8.68. The Labute approximate surface area is 146 Å². The topological polar surface area (TPSA) is 41.6 Å². The van der Waals surface area contributed by atoms with Gasteiger partial charge in [0.15, 0.2) is 0 Å². The zero-order chi connectivity index (χ0) is 15.8. The van der Waals surface area contributed by atoms with E-state index in [1.807, 2.05) is 6.07 Å². The Hall–Kier alpha value is -1.10. The molecule has 0 radical (unpaired) electrons. The zero-order valence-corrected chi connectivity index (χ0v) is 15.0. The quantitative estimate of drug-likeness (QED) is 0.829. The normalized spacial score (nSPS) is 16.7. The van der Waals surface area contributed by atoms with Crippen LogP contribution in [-0.4, -0.2) is 50.2 Å². The van der Waals surface area contributed by atoms with Gasteiger partial charge in [0.1, 0.15) is 0 Å². The molecule has 0 aliphatic carbocycles. The molecule has 5 heteroatoms. The molecule has 0 spiro atoms. The fourth-order valence-corrected chi connectivity index (χ4v) is 3.10. The van der Waals surface area contributed by atoms with Crippen LogP contribution >= 0.6 is 12.4 Å². The molecule has 0 saturated carbocycles. The van der Waals surface area contributed by atoms with Crippen molar-refractivity contribution in [1.82, 2.24) is 10.2 Å². The molecular formula is C18H29ClN2O2. The van der Waals surface area contributed by atoms with E-state index in [9.17, 15) is 4.79 Å². The molecule has 0 bridgehead atoms. The van der Waals surface area contributed by atoms with Gasteiger partial charge in [-0.25, -0.2) is 0 Å². The van der Waals surface area contributed by atoms with Crippen molar-refractivity contribution in [3.05, 3.63) is 35.9 Å². The van der Waals surface area contributed by atoms with E-state index < -0.39 is 0 Å². The van der Waals surface area contributed by atoms with Gasteiger partial charge in [0.25, 0.3) is 0 Å². The third-order valence-corrected chi connectivity index (χ3v) is 4.72. The number of halogens is 1. The fourth-order valence-electron chi connectivity index (χ4n) is 3.10. The Morgan fingerprint density at radius 3 is 2.35 bits per heavy atom. The second-order valence-corrected chi connectivity index (χ2v) is 6.00. The maximum Gasteiger partial charge on any atom is 0.234 e. The summed E-state index contributed by atoms with van der Waals surface area (Å²) < 4.78 is 5.53. The maximum atomic E-state index is 12.2. The van der Waals surface area contributed by atoms with Gasteiger partial charge in [-0.1, -0.05) is 44.2 Å². The highest BCUT2D eigenvalue weighted by Gasteiger charge is 2.34. The van der Waals surface area contributed by atoms with E-state index >= 15 is 0 Å². The van der Waals surface area contributed by atoms with Crippen molar-refractivity contribution in [2.75, 3.05) is 39.4 Å². The standard InChI is InChI=1S/C18H28N2O2.ClH/c1-3-20(4-2)14-17(21)19-15-18(10-12-22-13-11-18)16-8-6-5-7-9-16;/h5-9H,3-4,10-15H2,1-2H3,(H,19,21);1H. The van der Waals surface area contributed by atoms with Crippen LogP contribution in [0.4, 0.5) is 0 Å². The summed E-state index contributed by atoms with van der Waals surface area (Å²) in [7, 11) is 0. The van der Waals surface area contributed by atoms with Gasteiger partial charge in [-0.2, -0.15) is 0 Å². The Morgan fingerprint density at radius 1 is 1.17 bits per heavy atom. The highest BCUT2D eigenvalue weighted by Crippen LogP contribution is 2.34. The second-order valence-electron chi connectivity index (χ2n) is 6.00. The average Bonchev–Trinajstić information content (AvgIpc) is 2.59. The van der Waals surface area contributed by atoms with Gasteiger partial charge >= 0.3 is 0 Å². The molecule has 0 unspecified atom stereocenters. The Balaban J connectivity index is 0.00000264. The summed E-state index contributed by atoms with van der Waals surface area (Å²) in [5.41, 5.74) is 1.32. The highest BCUT2D eigenvalue weighted by atomic mass is 35.5. The van der Waals surface area contributed by atoms with Crippen LogP contribution in [0.5, 0.6) is 0 Å². The summed E-state index contributed by atoms with van der Waals surface area (Å²) in [5.74, 6) is 0.116. The maximum absolute atomic E-state index is 12.2.